The lowest BCUT2D eigenvalue weighted by Crippen LogP contribution is -2.48. The molecule has 4 rings (SSSR count). The smallest absolute Gasteiger partial charge is 0.338 e. The predicted molar refractivity (Wildman–Crippen MR) is 104 cm³/mol. The second kappa shape index (κ2) is 7.53. The number of alkyl halides is 3. The molecule has 1 saturated heterocycles. The van der Waals surface area contributed by atoms with Crippen LogP contribution in [0, 0.1) is 11.3 Å². The molecule has 2 fully saturated rings. The van der Waals surface area contributed by atoms with Crippen molar-refractivity contribution in [2.24, 2.45) is 5.73 Å². The maximum Gasteiger partial charge on any atom is 0.401 e. The topological polar surface area (TPSA) is 113 Å². The molecular weight excluding hydrogens is 411 g/mol. The van der Waals surface area contributed by atoms with E-state index in [4.69, 9.17) is 11.0 Å². The minimum Gasteiger partial charge on any atom is -0.338 e. The van der Waals surface area contributed by atoms with Gasteiger partial charge in [0, 0.05) is 25.2 Å². The Labute approximate surface area is 176 Å². The van der Waals surface area contributed by atoms with Gasteiger partial charge in [-0.3, -0.25) is 0 Å². The van der Waals surface area contributed by atoms with E-state index in [9.17, 15) is 18.0 Å². The molecule has 3 N–H and O–H groups in total. The average Bonchev–Trinajstić information content (AvgIpc) is 3.15. The van der Waals surface area contributed by atoms with E-state index in [2.05, 4.69) is 15.6 Å². The van der Waals surface area contributed by atoms with Gasteiger partial charge in [-0.05, 0) is 49.9 Å². The van der Waals surface area contributed by atoms with Gasteiger partial charge in [0.25, 0.3) is 0 Å². The summed E-state index contributed by atoms with van der Waals surface area (Å²) in [5, 5.41) is 19.2. The number of nitrogens with zero attached hydrogens (tertiary/aromatic N) is 5. The molecule has 2 heterocycles. The van der Waals surface area contributed by atoms with Crippen LogP contribution in [-0.4, -0.2) is 57.3 Å². The molecule has 2 amide bonds. The van der Waals surface area contributed by atoms with E-state index >= 15 is 0 Å². The second-order valence-electron chi connectivity index (χ2n) is 8.30. The van der Waals surface area contributed by atoms with Crippen molar-refractivity contribution in [2.75, 3.05) is 19.6 Å². The van der Waals surface area contributed by atoms with E-state index in [1.165, 1.54) is 15.8 Å². The van der Waals surface area contributed by atoms with Crippen molar-refractivity contribution in [2.45, 2.75) is 42.8 Å². The number of hydrogen-bond acceptors (Lipinski definition) is 5. The van der Waals surface area contributed by atoms with E-state index in [-0.39, 0.29) is 24.2 Å². The average molecular weight is 433 g/mol. The van der Waals surface area contributed by atoms with Crippen molar-refractivity contribution in [3.8, 4) is 11.8 Å². The standard InChI is InChI=1S/C20H22F3N7O/c21-20(22,23)19(8-10-29(13-19)17(31)26-9-7-18(25)5-6-18)16-12-30(28-27-16)15-3-1-14(11-24)2-4-15/h1-4,12H,5-10,13,25H2,(H,26,31). The number of carbonyl (C=O) groups is 1. The molecular formula is C20H22F3N7O. The lowest BCUT2D eigenvalue weighted by atomic mass is 9.83. The molecule has 1 atom stereocenters. The largest absolute Gasteiger partial charge is 0.401 e. The fourth-order valence-electron chi connectivity index (χ4n) is 3.81. The van der Waals surface area contributed by atoms with Crippen molar-refractivity contribution in [1.29, 1.82) is 5.26 Å². The van der Waals surface area contributed by atoms with Gasteiger partial charge in [0.2, 0.25) is 0 Å². The summed E-state index contributed by atoms with van der Waals surface area (Å²) in [6.07, 6.45) is -1.26. The SMILES string of the molecule is N#Cc1ccc(-n2cc(C3(C(F)(F)F)CCN(C(=O)NCCC4(N)CC4)C3)nn2)cc1. The molecule has 1 aliphatic heterocycles. The Kier molecular flexibility index (Phi) is 5.13. The molecule has 1 saturated carbocycles. The van der Waals surface area contributed by atoms with Crippen LogP contribution >= 0.6 is 0 Å². The van der Waals surface area contributed by atoms with E-state index in [0.29, 0.717) is 24.2 Å². The number of aromatic nitrogens is 3. The Morgan fingerprint density at radius 2 is 1.97 bits per heavy atom. The normalized spacial score (nSPS) is 22.2. The Bertz CT molecular complexity index is 1010. The van der Waals surface area contributed by atoms with Crippen molar-refractivity contribution >= 4 is 6.03 Å². The number of urea groups is 1. The summed E-state index contributed by atoms with van der Waals surface area (Å²) >= 11 is 0. The van der Waals surface area contributed by atoms with E-state index in [1.807, 2.05) is 6.07 Å². The summed E-state index contributed by atoms with van der Waals surface area (Å²) < 4.78 is 43.8. The molecule has 2 aromatic rings. The number of halogens is 3. The summed E-state index contributed by atoms with van der Waals surface area (Å²) in [6, 6.07) is 7.70. The Hall–Kier alpha value is -3.13. The van der Waals surface area contributed by atoms with Gasteiger partial charge < -0.3 is 16.0 Å². The Morgan fingerprint density at radius 3 is 2.58 bits per heavy atom. The first-order valence-corrected chi connectivity index (χ1v) is 9.98. The fourth-order valence-corrected chi connectivity index (χ4v) is 3.81. The van der Waals surface area contributed by atoms with Gasteiger partial charge in [0.05, 0.1) is 23.5 Å². The number of nitrogens with one attached hydrogen (secondary N) is 1. The first-order chi connectivity index (χ1) is 14.7. The van der Waals surface area contributed by atoms with E-state index in [1.54, 1.807) is 24.3 Å². The molecule has 1 aliphatic carbocycles. The molecule has 1 aromatic heterocycles. The molecule has 0 spiro atoms. The van der Waals surface area contributed by atoms with Crippen molar-refractivity contribution in [3.05, 3.63) is 41.7 Å². The van der Waals surface area contributed by atoms with Gasteiger partial charge in [0.15, 0.2) is 0 Å². The highest BCUT2D eigenvalue weighted by molar-refractivity contribution is 5.74. The van der Waals surface area contributed by atoms with Gasteiger partial charge in [0.1, 0.15) is 11.1 Å². The van der Waals surface area contributed by atoms with E-state index < -0.39 is 24.2 Å². The van der Waals surface area contributed by atoms with Crippen LogP contribution in [0.3, 0.4) is 0 Å². The molecule has 1 unspecified atom stereocenters. The lowest BCUT2D eigenvalue weighted by molar-refractivity contribution is -0.187. The van der Waals surface area contributed by atoms with Crippen LogP contribution in [0.4, 0.5) is 18.0 Å². The Balaban J connectivity index is 1.50. The number of rotatable bonds is 5. The van der Waals surface area contributed by atoms with Crippen LogP contribution in [0.2, 0.25) is 0 Å². The molecule has 0 radical (unpaired) electrons. The third-order valence-corrected chi connectivity index (χ3v) is 6.14. The number of carbonyl (C=O) groups excluding carboxylic acids is 1. The van der Waals surface area contributed by atoms with Crippen LogP contribution in [0.15, 0.2) is 30.5 Å². The van der Waals surface area contributed by atoms with Crippen molar-refractivity contribution in [1.82, 2.24) is 25.2 Å². The number of nitriles is 1. The van der Waals surface area contributed by atoms with Crippen LogP contribution in [0.5, 0.6) is 0 Å². The first kappa shape index (κ1) is 21.1. The van der Waals surface area contributed by atoms with Gasteiger partial charge in [-0.2, -0.15) is 18.4 Å². The van der Waals surface area contributed by atoms with Gasteiger partial charge in [-0.25, -0.2) is 9.48 Å². The molecule has 11 heteroatoms. The van der Waals surface area contributed by atoms with Crippen LogP contribution in [-0.2, 0) is 5.41 Å². The molecule has 0 bridgehead atoms. The maximum absolute atomic E-state index is 14.2. The molecule has 31 heavy (non-hydrogen) atoms. The molecule has 164 valence electrons. The number of amides is 2. The minimum absolute atomic E-state index is 0.0389. The minimum atomic E-state index is -4.61. The first-order valence-electron chi connectivity index (χ1n) is 9.98. The molecule has 2 aliphatic rings. The highest BCUT2D eigenvalue weighted by atomic mass is 19.4. The molecule has 1 aromatic carbocycles. The third kappa shape index (κ3) is 4.07. The highest BCUT2D eigenvalue weighted by Crippen LogP contribution is 2.47. The summed E-state index contributed by atoms with van der Waals surface area (Å²) in [5.74, 6) is 0. The summed E-state index contributed by atoms with van der Waals surface area (Å²) in [7, 11) is 0. The second-order valence-corrected chi connectivity index (χ2v) is 8.30. The lowest BCUT2D eigenvalue weighted by Gasteiger charge is -2.29. The van der Waals surface area contributed by atoms with E-state index in [0.717, 1.165) is 12.8 Å². The number of nitrogens with two attached hydrogens (primary N) is 1. The van der Waals surface area contributed by atoms with Crippen molar-refractivity contribution < 1.29 is 18.0 Å². The zero-order valence-electron chi connectivity index (χ0n) is 16.7. The zero-order valence-corrected chi connectivity index (χ0v) is 16.7. The summed E-state index contributed by atoms with van der Waals surface area (Å²) in [4.78, 5) is 13.6. The number of hydrogen-bond donors (Lipinski definition) is 2. The van der Waals surface area contributed by atoms with Crippen LogP contribution in [0.1, 0.15) is 36.9 Å². The van der Waals surface area contributed by atoms with Gasteiger partial charge in [-0.1, -0.05) is 5.21 Å². The van der Waals surface area contributed by atoms with Crippen molar-refractivity contribution in [3.63, 3.8) is 0 Å². The highest BCUT2D eigenvalue weighted by Gasteiger charge is 2.61. The Morgan fingerprint density at radius 1 is 1.26 bits per heavy atom. The summed E-state index contributed by atoms with van der Waals surface area (Å²) in [6.45, 7) is -0.231. The van der Waals surface area contributed by atoms with Gasteiger partial charge >= 0.3 is 12.2 Å². The zero-order chi connectivity index (χ0) is 22.3. The third-order valence-electron chi connectivity index (χ3n) is 6.14. The quantitative estimate of drug-likeness (QED) is 0.751. The number of likely N-dealkylation sites (tertiary alicyclic amines) is 1. The monoisotopic (exact) mass is 433 g/mol. The summed E-state index contributed by atoms with van der Waals surface area (Å²) in [5.41, 5.74) is 4.13. The van der Waals surface area contributed by atoms with Gasteiger partial charge in [-0.15, -0.1) is 5.10 Å². The molecule has 8 nitrogen and oxygen atoms in total. The van der Waals surface area contributed by atoms with Crippen LogP contribution < -0.4 is 11.1 Å². The number of benzene rings is 1. The maximum atomic E-state index is 14.2. The fraction of sp³-hybridized carbons (Fsp3) is 0.500. The van der Waals surface area contributed by atoms with Crippen LogP contribution in [0.25, 0.3) is 5.69 Å². The predicted octanol–water partition coefficient (Wildman–Crippen LogP) is 2.24.